The van der Waals surface area contributed by atoms with Crippen molar-refractivity contribution in [3.63, 3.8) is 0 Å². The number of carboxylic acid groups (broad SMARTS) is 1. The number of aliphatic carboxylic acids is 1. The predicted molar refractivity (Wildman–Crippen MR) is 68.8 cm³/mol. The summed E-state index contributed by atoms with van der Waals surface area (Å²) in [5.41, 5.74) is 1.88. The molecule has 0 aliphatic carbocycles. The summed E-state index contributed by atoms with van der Waals surface area (Å²) in [5, 5.41) is 8.48. The summed E-state index contributed by atoms with van der Waals surface area (Å²) in [4.78, 5) is 10.4. The standard InChI is InChI=1S/C12H17NO4S/c1-9-5-3-4-6-11(9)10(2)13-18(16,17)8-7-12(14)15/h3-6,10,13H,7-8H2,1-2H3,(H,14,15)/t10-/m0/s1. The Morgan fingerprint density at radius 1 is 1.39 bits per heavy atom. The Balaban J connectivity index is 2.73. The Morgan fingerprint density at radius 3 is 2.56 bits per heavy atom. The number of hydrogen-bond donors (Lipinski definition) is 2. The second-order valence-electron chi connectivity index (χ2n) is 4.16. The van der Waals surface area contributed by atoms with Gasteiger partial charge in [-0.05, 0) is 25.0 Å². The van der Waals surface area contributed by atoms with Gasteiger partial charge in [0.2, 0.25) is 10.0 Å². The first-order valence-corrected chi connectivity index (χ1v) is 7.24. The molecule has 0 aromatic heterocycles. The maximum Gasteiger partial charge on any atom is 0.304 e. The second kappa shape index (κ2) is 5.97. The first-order valence-electron chi connectivity index (χ1n) is 5.59. The van der Waals surface area contributed by atoms with Gasteiger partial charge in [0, 0.05) is 6.04 Å². The molecule has 0 saturated carbocycles. The summed E-state index contributed by atoms with van der Waals surface area (Å²) in [6, 6.07) is 7.09. The lowest BCUT2D eigenvalue weighted by atomic mass is 10.0. The van der Waals surface area contributed by atoms with Crippen LogP contribution < -0.4 is 4.72 Å². The van der Waals surface area contributed by atoms with Crippen LogP contribution in [0.5, 0.6) is 0 Å². The van der Waals surface area contributed by atoms with E-state index in [2.05, 4.69) is 4.72 Å². The monoisotopic (exact) mass is 271 g/mol. The molecule has 1 aromatic carbocycles. The van der Waals surface area contributed by atoms with Crippen LogP contribution >= 0.6 is 0 Å². The number of carbonyl (C=O) groups is 1. The molecule has 0 unspecified atom stereocenters. The molecule has 0 spiro atoms. The predicted octanol–water partition coefficient (Wildman–Crippen LogP) is 1.45. The molecule has 5 nitrogen and oxygen atoms in total. The van der Waals surface area contributed by atoms with E-state index >= 15 is 0 Å². The quantitative estimate of drug-likeness (QED) is 0.820. The third-order valence-electron chi connectivity index (χ3n) is 2.60. The van der Waals surface area contributed by atoms with Crippen molar-refractivity contribution in [3.8, 4) is 0 Å². The fourth-order valence-corrected chi connectivity index (χ4v) is 2.91. The Kier molecular flexibility index (Phi) is 4.86. The smallest absolute Gasteiger partial charge is 0.304 e. The highest BCUT2D eigenvalue weighted by Crippen LogP contribution is 2.17. The number of nitrogens with one attached hydrogen (secondary N) is 1. The summed E-state index contributed by atoms with van der Waals surface area (Å²) in [6.45, 7) is 3.64. The third-order valence-corrected chi connectivity index (χ3v) is 4.05. The van der Waals surface area contributed by atoms with Crippen molar-refractivity contribution in [2.75, 3.05) is 5.75 Å². The van der Waals surface area contributed by atoms with Crippen LogP contribution in [0.2, 0.25) is 0 Å². The summed E-state index contributed by atoms with van der Waals surface area (Å²) < 4.78 is 25.8. The molecule has 0 amide bonds. The number of sulfonamides is 1. The van der Waals surface area contributed by atoms with E-state index in [1.165, 1.54) is 0 Å². The van der Waals surface area contributed by atoms with Gasteiger partial charge in [0.05, 0.1) is 12.2 Å². The van der Waals surface area contributed by atoms with Crippen molar-refractivity contribution in [1.82, 2.24) is 4.72 Å². The van der Waals surface area contributed by atoms with Crippen LogP contribution in [0.1, 0.15) is 30.5 Å². The van der Waals surface area contributed by atoms with Crippen LogP contribution in [0, 0.1) is 6.92 Å². The number of rotatable bonds is 6. The first-order chi connectivity index (χ1) is 8.32. The van der Waals surface area contributed by atoms with Crippen LogP contribution in [0.3, 0.4) is 0 Å². The van der Waals surface area contributed by atoms with Crippen molar-refractivity contribution < 1.29 is 18.3 Å². The van der Waals surface area contributed by atoms with E-state index in [1.54, 1.807) is 6.92 Å². The lowest BCUT2D eigenvalue weighted by Gasteiger charge is -2.16. The van der Waals surface area contributed by atoms with E-state index in [9.17, 15) is 13.2 Å². The van der Waals surface area contributed by atoms with Gasteiger partial charge >= 0.3 is 5.97 Å². The normalized spacial score (nSPS) is 13.2. The average Bonchev–Trinajstić information content (AvgIpc) is 2.26. The van der Waals surface area contributed by atoms with Crippen LogP contribution in [0.4, 0.5) is 0 Å². The fraction of sp³-hybridized carbons (Fsp3) is 0.417. The molecular formula is C12H17NO4S. The molecule has 0 fully saturated rings. The molecule has 6 heteroatoms. The average molecular weight is 271 g/mol. The Bertz CT molecular complexity index is 525. The summed E-state index contributed by atoms with van der Waals surface area (Å²) in [7, 11) is -3.57. The van der Waals surface area contributed by atoms with E-state index in [0.29, 0.717) is 0 Å². The molecule has 0 saturated heterocycles. The molecule has 1 rings (SSSR count). The maximum absolute atomic E-state index is 11.7. The van der Waals surface area contributed by atoms with Crippen LogP contribution in [-0.2, 0) is 14.8 Å². The zero-order valence-electron chi connectivity index (χ0n) is 10.4. The zero-order chi connectivity index (χ0) is 13.8. The molecule has 0 radical (unpaired) electrons. The Labute approximate surface area is 107 Å². The Morgan fingerprint density at radius 2 is 2.00 bits per heavy atom. The van der Waals surface area contributed by atoms with E-state index in [0.717, 1.165) is 11.1 Å². The molecule has 0 bridgehead atoms. The molecule has 1 atom stereocenters. The van der Waals surface area contributed by atoms with Crippen molar-refractivity contribution >= 4 is 16.0 Å². The van der Waals surface area contributed by atoms with Gasteiger partial charge < -0.3 is 5.11 Å². The zero-order valence-corrected chi connectivity index (χ0v) is 11.2. The minimum absolute atomic E-state index is 0.370. The van der Waals surface area contributed by atoms with Gasteiger partial charge in [0.25, 0.3) is 0 Å². The minimum atomic E-state index is -3.57. The van der Waals surface area contributed by atoms with Crippen molar-refractivity contribution in [3.05, 3.63) is 35.4 Å². The molecule has 2 N–H and O–H groups in total. The van der Waals surface area contributed by atoms with Gasteiger partial charge in [0.1, 0.15) is 0 Å². The summed E-state index contributed by atoms with van der Waals surface area (Å²) >= 11 is 0. The third kappa shape index (κ3) is 4.46. The van der Waals surface area contributed by atoms with Crippen molar-refractivity contribution in [2.24, 2.45) is 0 Å². The van der Waals surface area contributed by atoms with E-state index in [1.807, 2.05) is 31.2 Å². The molecule has 0 aliphatic rings. The van der Waals surface area contributed by atoms with Gasteiger partial charge in [-0.15, -0.1) is 0 Å². The highest BCUT2D eigenvalue weighted by atomic mass is 32.2. The molecule has 100 valence electrons. The molecule has 0 heterocycles. The van der Waals surface area contributed by atoms with Crippen molar-refractivity contribution in [2.45, 2.75) is 26.3 Å². The van der Waals surface area contributed by atoms with Gasteiger partial charge in [-0.2, -0.15) is 0 Å². The highest BCUT2D eigenvalue weighted by molar-refractivity contribution is 7.89. The Hall–Kier alpha value is -1.40. The number of carboxylic acids is 1. The van der Waals surface area contributed by atoms with Crippen LogP contribution in [0.25, 0.3) is 0 Å². The van der Waals surface area contributed by atoms with E-state index in [-0.39, 0.29) is 6.04 Å². The summed E-state index contributed by atoms with van der Waals surface area (Å²) in [5.74, 6) is -1.53. The highest BCUT2D eigenvalue weighted by Gasteiger charge is 2.17. The SMILES string of the molecule is Cc1ccccc1[C@H](C)NS(=O)(=O)CCC(=O)O. The topological polar surface area (TPSA) is 83.5 Å². The van der Waals surface area contributed by atoms with E-state index < -0.39 is 28.2 Å². The molecule has 18 heavy (non-hydrogen) atoms. The van der Waals surface area contributed by atoms with Crippen molar-refractivity contribution in [1.29, 1.82) is 0 Å². The largest absolute Gasteiger partial charge is 0.481 e. The van der Waals surface area contributed by atoms with Crippen LogP contribution in [-0.4, -0.2) is 25.2 Å². The summed E-state index contributed by atoms with van der Waals surface area (Å²) in [6.07, 6.45) is -0.393. The second-order valence-corrected chi connectivity index (χ2v) is 6.03. The first kappa shape index (κ1) is 14.7. The number of hydrogen-bond acceptors (Lipinski definition) is 3. The lowest BCUT2D eigenvalue weighted by molar-refractivity contribution is -0.136. The van der Waals surface area contributed by atoms with Gasteiger partial charge in [0.15, 0.2) is 0 Å². The molecular weight excluding hydrogens is 254 g/mol. The van der Waals surface area contributed by atoms with E-state index in [4.69, 9.17) is 5.11 Å². The van der Waals surface area contributed by atoms with Crippen LogP contribution in [0.15, 0.2) is 24.3 Å². The number of benzene rings is 1. The fourth-order valence-electron chi connectivity index (χ4n) is 1.69. The van der Waals surface area contributed by atoms with Gasteiger partial charge in [-0.25, -0.2) is 13.1 Å². The number of aryl methyl sites for hydroxylation is 1. The maximum atomic E-state index is 11.7. The molecule has 0 aliphatic heterocycles. The molecule has 1 aromatic rings. The van der Waals surface area contributed by atoms with Gasteiger partial charge in [-0.1, -0.05) is 24.3 Å². The minimum Gasteiger partial charge on any atom is -0.481 e. The lowest BCUT2D eigenvalue weighted by Crippen LogP contribution is -2.30. The van der Waals surface area contributed by atoms with Gasteiger partial charge in [-0.3, -0.25) is 4.79 Å².